The molecule has 2 N–H and O–H groups in total. The zero-order chi connectivity index (χ0) is 13.4. The van der Waals surface area contributed by atoms with Crippen molar-refractivity contribution < 1.29 is 30.8 Å². The fourth-order valence-corrected chi connectivity index (χ4v) is 1.58. The van der Waals surface area contributed by atoms with Gasteiger partial charge in [-0.25, -0.2) is 0 Å². The van der Waals surface area contributed by atoms with E-state index in [4.69, 9.17) is 5.73 Å². The molecule has 0 aliphatic heterocycles. The highest BCUT2D eigenvalue weighted by Gasteiger charge is 2.60. The van der Waals surface area contributed by atoms with Gasteiger partial charge in [-0.2, -0.15) is 26.3 Å². The quantitative estimate of drug-likeness (QED) is 0.840. The van der Waals surface area contributed by atoms with E-state index >= 15 is 0 Å². The van der Waals surface area contributed by atoms with Crippen molar-refractivity contribution in [2.24, 2.45) is 11.7 Å². The van der Waals surface area contributed by atoms with E-state index in [1.165, 1.54) is 6.07 Å². The SMILES string of the molecule is NC(c1ccc(Br)o1)C(C(F)(F)F)C(F)(F)F. The van der Waals surface area contributed by atoms with Crippen LogP contribution in [0.15, 0.2) is 21.2 Å². The van der Waals surface area contributed by atoms with E-state index in [-0.39, 0.29) is 4.67 Å². The van der Waals surface area contributed by atoms with Crippen molar-refractivity contribution in [1.29, 1.82) is 0 Å². The molecule has 1 aromatic rings. The van der Waals surface area contributed by atoms with Gasteiger partial charge in [0.15, 0.2) is 10.6 Å². The maximum absolute atomic E-state index is 12.3. The van der Waals surface area contributed by atoms with Gasteiger partial charge < -0.3 is 10.2 Å². The van der Waals surface area contributed by atoms with E-state index in [1.807, 2.05) is 0 Å². The van der Waals surface area contributed by atoms with Crippen LogP contribution >= 0.6 is 15.9 Å². The zero-order valence-corrected chi connectivity index (χ0v) is 9.53. The van der Waals surface area contributed by atoms with Gasteiger partial charge >= 0.3 is 12.4 Å². The summed E-state index contributed by atoms with van der Waals surface area (Å²) in [5.74, 6) is -4.25. The second-order valence-electron chi connectivity index (χ2n) is 3.23. The zero-order valence-electron chi connectivity index (χ0n) is 7.94. The summed E-state index contributed by atoms with van der Waals surface area (Å²) in [6, 6.07) is -0.209. The Kier molecular flexibility index (Phi) is 3.82. The van der Waals surface area contributed by atoms with E-state index < -0.39 is 30.1 Å². The Morgan fingerprint density at radius 2 is 1.53 bits per heavy atom. The topological polar surface area (TPSA) is 39.2 Å². The summed E-state index contributed by atoms with van der Waals surface area (Å²) in [6.07, 6.45) is -11.0. The van der Waals surface area contributed by atoms with Gasteiger partial charge in [-0.3, -0.25) is 0 Å². The van der Waals surface area contributed by atoms with Gasteiger partial charge in [-0.15, -0.1) is 0 Å². The maximum Gasteiger partial charge on any atom is 0.402 e. The van der Waals surface area contributed by atoms with E-state index in [0.717, 1.165) is 6.07 Å². The number of furan rings is 1. The molecule has 0 spiro atoms. The Bertz CT molecular complexity index is 370. The molecule has 0 amide bonds. The first-order valence-electron chi connectivity index (χ1n) is 4.17. The average Bonchev–Trinajstić information content (AvgIpc) is 2.45. The van der Waals surface area contributed by atoms with Gasteiger partial charge in [-0.05, 0) is 28.1 Å². The molecule has 0 aliphatic carbocycles. The summed E-state index contributed by atoms with van der Waals surface area (Å²) < 4.78 is 78.4. The molecule has 1 heterocycles. The molecule has 1 aromatic heterocycles. The lowest BCUT2D eigenvalue weighted by molar-refractivity contribution is -0.291. The van der Waals surface area contributed by atoms with Crippen LogP contribution in [-0.2, 0) is 0 Å². The Morgan fingerprint density at radius 3 is 1.82 bits per heavy atom. The summed E-state index contributed by atoms with van der Waals surface area (Å²) in [7, 11) is 0. The van der Waals surface area contributed by atoms with Crippen LogP contribution in [0.3, 0.4) is 0 Å². The van der Waals surface area contributed by atoms with E-state index in [2.05, 4.69) is 20.3 Å². The van der Waals surface area contributed by atoms with Crippen molar-refractivity contribution in [3.05, 3.63) is 22.6 Å². The predicted molar refractivity (Wildman–Crippen MR) is 48.9 cm³/mol. The highest BCUT2D eigenvalue weighted by Crippen LogP contribution is 2.45. The van der Waals surface area contributed by atoms with Crippen LogP contribution in [0, 0.1) is 5.92 Å². The monoisotopic (exact) mass is 325 g/mol. The van der Waals surface area contributed by atoms with Gasteiger partial charge in [0.05, 0.1) is 6.04 Å². The second-order valence-corrected chi connectivity index (χ2v) is 4.01. The largest absolute Gasteiger partial charge is 0.453 e. The molecule has 0 bridgehead atoms. The van der Waals surface area contributed by atoms with Gasteiger partial charge in [0.1, 0.15) is 5.76 Å². The first kappa shape index (κ1) is 14.4. The molecule has 0 saturated carbocycles. The molecule has 9 heteroatoms. The Labute approximate surface area is 99.9 Å². The number of alkyl halides is 6. The third kappa shape index (κ3) is 3.38. The molecule has 1 rings (SSSR count). The van der Waals surface area contributed by atoms with Gasteiger partial charge in [-0.1, -0.05) is 0 Å². The van der Waals surface area contributed by atoms with Gasteiger partial charge in [0.25, 0.3) is 0 Å². The van der Waals surface area contributed by atoms with Crippen molar-refractivity contribution in [3.63, 3.8) is 0 Å². The smallest absolute Gasteiger partial charge is 0.402 e. The van der Waals surface area contributed by atoms with Crippen LogP contribution in [0.2, 0.25) is 0 Å². The lowest BCUT2D eigenvalue weighted by Gasteiger charge is -2.26. The van der Waals surface area contributed by atoms with Crippen molar-refractivity contribution >= 4 is 15.9 Å². The molecular formula is C8H6BrF6NO. The van der Waals surface area contributed by atoms with Crippen molar-refractivity contribution in [2.75, 3.05) is 0 Å². The Morgan fingerprint density at radius 1 is 1.06 bits per heavy atom. The number of hydrogen-bond donors (Lipinski definition) is 1. The van der Waals surface area contributed by atoms with E-state index in [9.17, 15) is 26.3 Å². The number of hydrogen-bond acceptors (Lipinski definition) is 2. The molecule has 0 saturated heterocycles. The fourth-order valence-electron chi connectivity index (χ4n) is 1.26. The van der Waals surface area contributed by atoms with Crippen LogP contribution in [0.25, 0.3) is 0 Å². The minimum absolute atomic E-state index is 0.00560. The van der Waals surface area contributed by atoms with E-state index in [0.29, 0.717) is 0 Å². The van der Waals surface area contributed by atoms with Gasteiger partial charge in [0.2, 0.25) is 0 Å². The lowest BCUT2D eigenvalue weighted by Crippen LogP contribution is -2.43. The Hall–Kier alpha value is -0.700. The predicted octanol–water partition coefficient (Wildman–Crippen LogP) is 3.78. The van der Waals surface area contributed by atoms with Crippen LogP contribution in [0.1, 0.15) is 11.8 Å². The minimum Gasteiger partial charge on any atom is -0.453 e. The van der Waals surface area contributed by atoms with Crippen LogP contribution in [0.4, 0.5) is 26.3 Å². The second kappa shape index (κ2) is 4.52. The lowest BCUT2D eigenvalue weighted by atomic mass is 9.97. The van der Waals surface area contributed by atoms with Crippen LogP contribution in [-0.4, -0.2) is 12.4 Å². The van der Waals surface area contributed by atoms with E-state index in [1.54, 1.807) is 0 Å². The standard InChI is InChI=1S/C8H6BrF6NO/c9-4-2-1-3(17-4)5(16)6(7(10,11)12)8(13,14)15/h1-2,5-6H,16H2. The first-order chi connectivity index (χ1) is 7.53. The molecule has 1 atom stereocenters. The molecule has 2 nitrogen and oxygen atoms in total. The molecule has 17 heavy (non-hydrogen) atoms. The molecule has 0 radical (unpaired) electrons. The summed E-state index contributed by atoms with van der Waals surface area (Å²) >= 11 is 2.77. The van der Waals surface area contributed by atoms with Gasteiger partial charge in [0, 0.05) is 0 Å². The fraction of sp³-hybridized carbons (Fsp3) is 0.500. The summed E-state index contributed by atoms with van der Waals surface area (Å²) in [5.41, 5.74) is 4.97. The van der Waals surface area contributed by atoms with Crippen LogP contribution in [0.5, 0.6) is 0 Å². The highest BCUT2D eigenvalue weighted by atomic mass is 79.9. The Balaban J connectivity index is 3.08. The molecule has 1 unspecified atom stereocenters. The highest BCUT2D eigenvalue weighted by molar-refractivity contribution is 9.10. The summed E-state index contributed by atoms with van der Waals surface area (Å²) in [6.45, 7) is 0. The number of rotatable bonds is 2. The number of nitrogens with two attached hydrogens (primary N) is 1. The van der Waals surface area contributed by atoms with Crippen molar-refractivity contribution in [1.82, 2.24) is 0 Å². The third-order valence-electron chi connectivity index (χ3n) is 1.99. The molecular weight excluding hydrogens is 320 g/mol. The van der Waals surface area contributed by atoms with Crippen LogP contribution < -0.4 is 5.73 Å². The van der Waals surface area contributed by atoms with Crippen molar-refractivity contribution in [3.8, 4) is 0 Å². The summed E-state index contributed by atoms with van der Waals surface area (Å²) in [4.78, 5) is 0. The average molecular weight is 326 g/mol. The first-order valence-corrected chi connectivity index (χ1v) is 4.97. The molecule has 0 fully saturated rings. The maximum atomic E-state index is 12.3. The molecule has 0 aromatic carbocycles. The normalized spacial score (nSPS) is 15.4. The summed E-state index contributed by atoms with van der Waals surface area (Å²) in [5, 5.41) is 0. The van der Waals surface area contributed by atoms with Crippen molar-refractivity contribution in [2.45, 2.75) is 18.4 Å². The molecule has 98 valence electrons. The number of halogens is 7. The minimum atomic E-state index is -5.49. The molecule has 0 aliphatic rings. The third-order valence-corrected chi connectivity index (χ3v) is 2.41.